The first kappa shape index (κ1) is 10.2. The topological polar surface area (TPSA) is 104 Å². The van der Waals surface area contributed by atoms with Crippen molar-refractivity contribution in [2.24, 2.45) is 12.2 Å². The van der Waals surface area contributed by atoms with E-state index in [-0.39, 0.29) is 5.16 Å². The van der Waals surface area contributed by atoms with Crippen molar-refractivity contribution in [3.05, 3.63) is 11.7 Å². The van der Waals surface area contributed by atoms with Crippen molar-refractivity contribution >= 4 is 21.4 Å². The third-order valence-electron chi connectivity index (χ3n) is 1.74. The van der Waals surface area contributed by atoms with Gasteiger partial charge in [-0.2, -0.15) is 0 Å². The van der Waals surface area contributed by atoms with Crippen LogP contribution in [0.4, 0.5) is 0 Å². The molecule has 0 radical (unpaired) electrons. The molecule has 0 saturated heterocycles. The Morgan fingerprint density at radius 2 is 2.20 bits per heavy atom. The number of hydrogen-bond acceptors (Lipinski definition) is 6. The molecule has 2 aromatic heterocycles. The molecule has 0 aliphatic carbocycles. The zero-order valence-electron chi connectivity index (χ0n) is 7.65. The van der Waals surface area contributed by atoms with E-state index in [0.29, 0.717) is 5.82 Å². The van der Waals surface area contributed by atoms with Gasteiger partial charge in [0.25, 0.3) is 15.2 Å². The molecule has 0 aromatic carbocycles. The minimum absolute atomic E-state index is 0.258. The Labute approximate surface area is 89.6 Å². The molecule has 2 N–H and O–H groups in total. The van der Waals surface area contributed by atoms with E-state index in [1.54, 1.807) is 11.7 Å². The summed E-state index contributed by atoms with van der Waals surface area (Å²) >= 11 is 1.34. The number of rotatable bonds is 2. The molecule has 0 unspecified atom stereocenters. The van der Waals surface area contributed by atoms with Crippen LogP contribution in [0, 0.1) is 0 Å². The van der Waals surface area contributed by atoms with Crippen molar-refractivity contribution < 1.29 is 8.42 Å². The van der Waals surface area contributed by atoms with E-state index in [0.717, 1.165) is 4.88 Å². The van der Waals surface area contributed by atoms with E-state index in [2.05, 4.69) is 15.2 Å². The molecular weight excluding hydrogens is 238 g/mol. The lowest BCUT2D eigenvalue weighted by Crippen LogP contribution is -2.17. The summed E-state index contributed by atoms with van der Waals surface area (Å²) < 4.78 is 23.5. The molecular formula is C6H7N5O2S2. The molecule has 2 rings (SSSR count). The SMILES string of the molecule is Cn1c(-c2cncs2)nnc1S(N)(=O)=O. The van der Waals surface area contributed by atoms with Gasteiger partial charge in [0.1, 0.15) is 0 Å². The largest absolute Gasteiger partial charge is 0.299 e. The van der Waals surface area contributed by atoms with E-state index in [4.69, 9.17) is 5.14 Å². The van der Waals surface area contributed by atoms with Gasteiger partial charge < -0.3 is 0 Å². The van der Waals surface area contributed by atoms with E-state index in [1.807, 2.05) is 0 Å². The molecule has 80 valence electrons. The van der Waals surface area contributed by atoms with Crippen molar-refractivity contribution in [3.8, 4) is 10.7 Å². The Bertz CT molecular complexity index is 571. The number of sulfonamides is 1. The summed E-state index contributed by atoms with van der Waals surface area (Å²) in [6.07, 6.45) is 1.58. The Balaban J connectivity index is 2.60. The highest BCUT2D eigenvalue weighted by atomic mass is 32.2. The zero-order chi connectivity index (χ0) is 11.1. The smallest absolute Gasteiger partial charge is 0.273 e. The molecule has 2 heterocycles. The fourth-order valence-corrected chi connectivity index (χ4v) is 2.37. The Hall–Kier alpha value is -1.32. The molecule has 2 aromatic rings. The highest BCUT2D eigenvalue weighted by molar-refractivity contribution is 7.89. The number of aromatic nitrogens is 4. The van der Waals surface area contributed by atoms with Gasteiger partial charge in [-0.1, -0.05) is 0 Å². The van der Waals surface area contributed by atoms with E-state index < -0.39 is 10.0 Å². The van der Waals surface area contributed by atoms with Crippen LogP contribution in [0.1, 0.15) is 0 Å². The van der Waals surface area contributed by atoms with Crippen LogP contribution < -0.4 is 5.14 Å². The van der Waals surface area contributed by atoms with Gasteiger partial charge in [-0.25, -0.2) is 13.6 Å². The van der Waals surface area contributed by atoms with Gasteiger partial charge in [0.2, 0.25) is 0 Å². The third kappa shape index (κ3) is 1.76. The lowest BCUT2D eigenvalue weighted by molar-refractivity contribution is 0.580. The molecule has 0 saturated carbocycles. The van der Waals surface area contributed by atoms with Gasteiger partial charge in [-0.3, -0.25) is 9.55 Å². The van der Waals surface area contributed by atoms with Crippen LogP contribution in [-0.2, 0) is 17.1 Å². The molecule has 0 spiro atoms. The van der Waals surface area contributed by atoms with Crippen LogP contribution in [0.5, 0.6) is 0 Å². The summed E-state index contributed by atoms with van der Waals surface area (Å²) in [4.78, 5) is 4.60. The van der Waals surface area contributed by atoms with Gasteiger partial charge in [0.15, 0.2) is 5.82 Å². The quantitative estimate of drug-likeness (QED) is 0.774. The van der Waals surface area contributed by atoms with Crippen molar-refractivity contribution in [2.75, 3.05) is 0 Å². The Kier molecular flexibility index (Phi) is 2.29. The minimum atomic E-state index is -3.83. The molecule has 0 fully saturated rings. The van der Waals surface area contributed by atoms with Gasteiger partial charge in [0.05, 0.1) is 10.4 Å². The maximum absolute atomic E-state index is 11.1. The number of thiazole rings is 1. The molecule has 7 nitrogen and oxygen atoms in total. The second kappa shape index (κ2) is 3.36. The number of nitrogens with two attached hydrogens (primary N) is 1. The van der Waals surface area contributed by atoms with Gasteiger partial charge >= 0.3 is 0 Å². The van der Waals surface area contributed by atoms with Gasteiger partial charge in [-0.15, -0.1) is 21.5 Å². The normalized spacial score (nSPS) is 11.9. The average molecular weight is 245 g/mol. The van der Waals surface area contributed by atoms with Crippen LogP contribution in [-0.4, -0.2) is 28.2 Å². The fourth-order valence-electron chi connectivity index (χ4n) is 1.10. The molecule has 0 bridgehead atoms. The van der Waals surface area contributed by atoms with E-state index in [1.165, 1.54) is 23.0 Å². The monoisotopic (exact) mass is 245 g/mol. The lowest BCUT2D eigenvalue weighted by Gasteiger charge is -1.98. The van der Waals surface area contributed by atoms with Crippen molar-refractivity contribution in [2.45, 2.75) is 5.16 Å². The predicted molar refractivity (Wildman–Crippen MR) is 53.5 cm³/mol. The second-order valence-electron chi connectivity index (χ2n) is 2.78. The van der Waals surface area contributed by atoms with Crippen LogP contribution in [0.25, 0.3) is 10.7 Å². The highest BCUT2D eigenvalue weighted by Gasteiger charge is 2.19. The van der Waals surface area contributed by atoms with Crippen LogP contribution >= 0.6 is 11.3 Å². The Morgan fingerprint density at radius 1 is 1.47 bits per heavy atom. The summed E-state index contributed by atoms with van der Waals surface area (Å²) in [6, 6.07) is 0. The maximum Gasteiger partial charge on any atom is 0.273 e. The molecule has 15 heavy (non-hydrogen) atoms. The number of hydrogen-bond donors (Lipinski definition) is 1. The third-order valence-corrected chi connectivity index (χ3v) is 3.38. The van der Waals surface area contributed by atoms with Crippen LogP contribution in [0.15, 0.2) is 16.9 Å². The minimum Gasteiger partial charge on any atom is -0.299 e. The first-order valence-electron chi connectivity index (χ1n) is 3.81. The van der Waals surface area contributed by atoms with Crippen molar-refractivity contribution in [1.29, 1.82) is 0 Å². The standard InChI is InChI=1S/C6H7N5O2S2/c1-11-5(4-2-8-3-14-4)9-10-6(11)15(7,12)13/h2-3H,1H3,(H2,7,12,13). The molecule has 0 aliphatic rings. The summed E-state index contributed by atoms with van der Waals surface area (Å²) in [5, 5.41) is 12.0. The van der Waals surface area contributed by atoms with Crippen LogP contribution in [0.2, 0.25) is 0 Å². The van der Waals surface area contributed by atoms with Crippen molar-refractivity contribution in [1.82, 2.24) is 19.7 Å². The van der Waals surface area contributed by atoms with E-state index in [9.17, 15) is 8.42 Å². The van der Waals surface area contributed by atoms with Crippen LogP contribution in [0.3, 0.4) is 0 Å². The maximum atomic E-state index is 11.1. The summed E-state index contributed by atoms with van der Waals surface area (Å²) in [7, 11) is -2.29. The molecule has 0 aliphatic heterocycles. The first-order chi connectivity index (χ1) is 7.00. The second-order valence-corrected chi connectivity index (χ2v) is 5.12. The predicted octanol–water partition coefficient (Wildman–Crippen LogP) is -0.414. The average Bonchev–Trinajstić information content (AvgIpc) is 2.69. The van der Waals surface area contributed by atoms with Gasteiger partial charge in [-0.05, 0) is 0 Å². The number of primary sulfonamides is 1. The van der Waals surface area contributed by atoms with Gasteiger partial charge in [0, 0.05) is 13.2 Å². The molecule has 0 atom stereocenters. The fraction of sp³-hybridized carbons (Fsp3) is 0.167. The van der Waals surface area contributed by atoms with Crippen molar-refractivity contribution in [3.63, 3.8) is 0 Å². The summed E-state index contributed by atoms with van der Waals surface area (Å²) in [6.45, 7) is 0. The highest BCUT2D eigenvalue weighted by Crippen LogP contribution is 2.21. The lowest BCUT2D eigenvalue weighted by atomic mass is 10.5. The molecule has 0 amide bonds. The number of nitrogens with zero attached hydrogens (tertiary/aromatic N) is 4. The van der Waals surface area contributed by atoms with E-state index >= 15 is 0 Å². The zero-order valence-corrected chi connectivity index (χ0v) is 9.29. The summed E-state index contributed by atoms with van der Waals surface area (Å²) in [5.74, 6) is 0.432. The molecule has 9 heteroatoms. The Morgan fingerprint density at radius 3 is 2.67 bits per heavy atom. The summed E-state index contributed by atoms with van der Waals surface area (Å²) in [5.41, 5.74) is 1.63. The first-order valence-corrected chi connectivity index (χ1v) is 6.24.